The molecule has 0 spiro atoms. The zero-order valence-electron chi connectivity index (χ0n) is 20.0. The van der Waals surface area contributed by atoms with Crippen LogP contribution in [0.1, 0.15) is 46.5 Å². The first kappa shape index (κ1) is 26.5. The van der Waals surface area contributed by atoms with Gasteiger partial charge in [0.1, 0.15) is 11.6 Å². The topological polar surface area (TPSA) is 153 Å². The molecule has 4 rings (SSSR count). The molecule has 4 N–H and O–H groups in total. The lowest BCUT2D eigenvalue weighted by Gasteiger charge is -2.27. The average Bonchev–Trinajstić information content (AvgIpc) is 2.86. The number of hydrogen-bond acceptors (Lipinski definition) is 8. The van der Waals surface area contributed by atoms with Crippen LogP contribution in [0.3, 0.4) is 0 Å². The first-order valence-electron chi connectivity index (χ1n) is 11.6. The molecule has 12 heteroatoms. The van der Waals surface area contributed by atoms with Gasteiger partial charge in [0.05, 0.1) is 27.3 Å². The van der Waals surface area contributed by atoms with Crippen molar-refractivity contribution in [1.82, 2.24) is 9.97 Å². The van der Waals surface area contributed by atoms with Gasteiger partial charge in [0.25, 0.3) is 11.8 Å². The molecule has 1 saturated carbocycles. The second-order valence-corrected chi connectivity index (χ2v) is 11.2. The summed E-state index contributed by atoms with van der Waals surface area (Å²) in [5, 5.41) is 5.72. The van der Waals surface area contributed by atoms with E-state index in [4.69, 9.17) is 22.1 Å². The number of benzene rings is 1. The Bertz CT molecular complexity index is 1410. The molecule has 0 atom stereocenters. The second-order valence-electron chi connectivity index (χ2n) is 8.75. The molecule has 0 aliphatic heterocycles. The Hall–Kier alpha value is -3.54. The van der Waals surface area contributed by atoms with Crippen molar-refractivity contribution < 1.29 is 22.7 Å². The summed E-state index contributed by atoms with van der Waals surface area (Å²) in [7, 11) is -3.54. The number of amides is 2. The minimum atomic E-state index is -3.54. The number of halogens is 1. The summed E-state index contributed by atoms with van der Waals surface area (Å²) in [6.45, 7) is 0. The number of carbonyl (C=O) groups is 2. The van der Waals surface area contributed by atoms with Crippen LogP contribution in [0.5, 0.6) is 5.75 Å². The van der Waals surface area contributed by atoms with Gasteiger partial charge < -0.3 is 21.1 Å². The first-order chi connectivity index (χ1) is 17.6. The Balaban J connectivity index is 1.59. The molecular weight excluding hydrogens is 518 g/mol. The van der Waals surface area contributed by atoms with Gasteiger partial charge in [-0.25, -0.2) is 18.4 Å². The molecule has 194 valence electrons. The number of nitrogens with two attached hydrogens (primary N) is 1. The van der Waals surface area contributed by atoms with Gasteiger partial charge in [-0.15, -0.1) is 0 Å². The Kier molecular flexibility index (Phi) is 8.06. The maximum Gasteiger partial charge on any atom is 0.277 e. The molecule has 1 aromatic carbocycles. The van der Waals surface area contributed by atoms with Crippen molar-refractivity contribution in [2.24, 2.45) is 5.73 Å². The van der Waals surface area contributed by atoms with E-state index in [0.717, 1.165) is 19.1 Å². The predicted octanol–water partition coefficient (Wildman–Crippen LogP) is 3.69. The summed E-state index contributed by atoms with van der Waals surface area (Å²) in [4.78, 5) is 34.3. The summed E-state index contributed by atoms with van der Waals surface area (Å²) >= 11 is 5.84. The monoisotopic (exact) mass is 543 g/mol. The number of carbonyl (C=O) groups excluding carboxylic acids is 2. The summed E-state index contributed by atoms with van der Waals surface area (Å²) in [5.74, 6) is -0.778. The third-order valence-corrected chi connectivity index (χ3v) is 7.21. The van der Waals surface area contributed by atoms with Crippen molar-refractivity contribution in [3.63, 3.8) is 0 Å². The summed E-state index contributed by atoms with van der Waals surface area (Å²) in [6, 6.07) is 10.4. The molecule has 2 amide bonds. The first-order valence-corrected chi connectivity index (χ1v) is 13.8. The minimum absolute atomic E-state index is 0.0310. The van der Waals surface area contributed by atoms with Crippen LogP contribution in [0.2, 0.25) is 5.02 Å². The van der Waals surface area contributed by atoms with Gasteiger partial charge in [0.15, 0.2) is 15.5 Å². The van der Waals surface area contributed by atoms with Crippen LogP contribution in [0, 0.1) is 0 Å². The van der Waals surface area contributed by atoms with Crippen LogP contribution in [-0.4, -0.2) is 48.6 Å². The molecule has 10 nitrogen and oxygen atoms in total. The van der Waals surface area contributed by atoms with Crippen LogP contribution in [0.4, 0.5) is 11.5 Å². The average molecular weight is 544 g/mol. The lowest BCUT2D eigenvalue weighted by Crippen LogP contribution is -2.32. The molecule has 0 radical (unpaired) electrons. The third kappa shape index (κ3) is 6.82. The Morgan fingerprint density at radius 2 is 1.78 bits per heavy atom. The number of anilines is 2. The normalized spacial score (nSPS) is 17.6. The standard InChI is InChI=1S/C25H26ClN5O5S/c1-37(34,35)18-9-10-19(21(13-18)36-17-7-5-16(27)6-8-17)24(32)30-20-3-2-12-28-23(20)25(33)31-22-11-4-15(26)14-29-22/h2-4,9-14,16-17H,5-8,27H2,1H3,(H,30,32)(H,29,31,33)/t16-,17-. The molecular formula is C25H26ClN5O5S. The number of sulfone groups is 1. The van der Waals surface area contributed by atoms with E-state index in [2.05, 4.69) is 20.6 Å². The highest BCUT2D eigenvalue weighted by Gasteiger charge is 2.25. The number of pyridine rings is 2. The van der Waals surface area contributed by atoms with E-state index in [1.54, 1.807) is 12.1 Å². The summed E-state index contributed by atoms with van der Waals surface area (Å²) in [6.07, 6.45) is 6.62. The lowest BCUT2D eigenvalue weighted by molar-refractivity contribution is 0.101. The van der Waals surface area contributed by atoms with E-state index < -0.39 is 21.7 Å². The number of nitrogens with zero attached hydrogens (tertiary/aromatic N) is 2. The van der Waals surface area contributed by atoms with Crippen LogP contribution in [-0.2, 0) is 9.84 Å². The van der Waals surface area contributed by atoms with Crippen molar-refractivity contribution >= 4 is 44.8 Å². The molecule has 2 aromatic heterocycles. The zero-order valence-corrected chi connectivity index (χ0v) is 21.6. The van der Waals surface area contributed by atoms with E-state index >= 15 is 0 Å². The Morgan fingerprint density at radius 1 is 1.03 bits per heavy atom. The van der Waals surface area contributed by atoms with Gasteiger partial charge in [-0.1, -0.05) is 11.6 Å². The number of nitrogens with one attached hydrogen (secondary N) is 2. The molecule has 0 unspecified atom stereocenters. The number of hydrogen-bond donors (Lipinski definition) is 3. The maximum absolute atomic E-state index is 13.3. The van der Waals surface area contributed by atoms with Crippen LogP contribution in [0.15, 0.2) is 59.8 Å². The fourth-order valence-corrected chi connectivity index (χ4v) is 4.65. The smallest absolute Gasteiger partial charge is 0.277 e. The SMILES string of the molecule is CS(=O)(=O)c1ccc(C(=O)Nc2cccnc2C(=O)Nc2ccc(Cl)cn2)c(O[C@H]2CC[C@H](N)CC2)c1. The fraction of sp³-hybridized carbons (Fsp3) is 0.280. The Morgan fingerprint density at radius 3 is 2.46 bits per heavy atom. The van der Waals surface area contributed by atoms with Crippen molar-refractivity contribution in [3.8, 4) is 5.75 Å². The number of aromatic nitrogens is 2. The number of rotatable bonds is 7. The predicted molar refractivity (Wildman–Crippen MR) is 140 cm³/mol. The fourth-order valence-electron chi connectivity index (χ4n) is 3.91. The largest absolute Gasteiger partial charge is 0.490 e. The van der Waals surface area contributed by atoms with Crippen molar-refractivity contribution in [2.75, 3.05) is 16.9 Å². The van der Waals surface area contributed by atoms with Crippen molar-refractivity contribution in [1.29, 1.82) is 0 Å². The molecule has 1 aliphatic rings. The van der Waals surface area contributed by atoms with Crippen LogP contribution < -0.4 is 21.1 Å². The molecule has 1 aliphatic carbocycles. The van der Waals surface area contributed by atoms with Crippen molar-refractivity contribution in [3.05, 3.63) is 71.1 Å². The molecule has 1 fully saturated rings. The molecule has 37 heavy (non-hydrogen) atoms. The highest BCUT2D eigenvalue weighted by Crippen LogP contribution is 2.29. The second kappa shape index (κ2) is 11.2. The summed E-state index contributed by atoms with van der Waals surface area (Å²) < 4.78 is 30.4. The molecule has 2 heterocycles. The van der Waals surface area contributed by atoms with Crippen LogP contribution >= 0.6 is 11.6 Å². The molecule has 0 saturated heterocycles. The van der Waals surface area contributed by atoms with E-state index in [-0.39, 0.29) is 45.6 Å². The van der Waals surface area contributed by atoms with Gasteiger partial charge in [0, 0.05) is 24.7 Å². The van der Waals surface area contributed by atoms with Crippen molar-refractivity contribution in [2.45, 2.75) is 42.7 Å². The quantitative estimate of drug-likeness (QED) is 0.408. The van der Waals surface area contributed by atoms with E-state index in [0.29, 0.717) is 17.9 Å². The highest BCUT2D eigenvalue weighted by atomic mass is 35.5. The number of ether oxygens (including phenoxy) is 1. The third-order valence-electron chi connectivity index (χ3n) is 5.88. The van der Waals surface area contributed by atoms with Gasteiger partial charge in [0.2, 0.25) is 0 Å². The lowest BCUT2D eigenvalue weighted by atomic mass is 9.93. The van der Waals surface area contributed by atoms with E-state index in [9.17, 15) is 18.0 Å². The Labute approximate surface area is 219 Å². The molecule has 3 aromatic rings. The minimum Gasteiger partial charge on any atom is -0.490 e. The maximum atomic E-state index is 13.3. The van der Waals surface area contributed by atoms with E-state index in [1.807, 2.05) is 0 Å². The van der Waals surface area contributed by atoms with Gasteiger partial charge >= 0.3 is 0 Å². The van der Waals surface area contributed by atoms with Gasteiger partial charge in [-0.2, -0.15) is 0 Å². The van der Waals surface area contributed by atoms with Gasteiger partial charge in [-0.3, -0.25) is 9.59 Å². The zero-order chi connectivity index (χ0) is 26.6. The molecule has 0 bridgehead atoms. The van der Waals surface area contributed by atoms with Crippen LogP contribution in [0.25, 0.3) is 0 Å². The van der Waals surface area contributed by atoms with E-state index in [1.165, 1.54) is 42.7 Å². The summed E-state index contributed by atoms with van der Waals surface area (Å²) in [5.41, 5.74) is 6.22. The highest BCUT2D eigenvalue weighted by molar-refractivity contribution is 7.90. The van der Waals surface area contributed by atoms with Gasteiger partial charge in [-0.05, 0) is 68.1 Å².